The highest BCUT2D eigenvalue weighted by atomic mass is 19.4. The zero-order valence-corrected chi connectivity index (χ0v) is 20.1. The molecule has 1 aromatic heterocycles. The molecule has 1 aliphatic rings. The number of hydrogen-bond acceptors (Lipinski definition) is 6. The Kier molecular flexibility index (Phi) is 6.13. The van der Waals surface area contributed by atoms with Crippen LogP contribution in [0.1, 0.15) is 27.0 Å². The minimum atomic E-state index is -5.37. The smallest absolute Gasteiger partial charge is 0.491 e. The van der Waals surface area contributed by atoms with Gasteiger partial charge in [0.2, 0.25) is 11.7 Å². The van der Waals surface area contributed by atoms with Crippen molar-refractivity contribution in [2.24, 2.45) is 0 Å². The first-order valence-electron chi connectivity index (χ1n) is 11.4. The second kappa shape index (κ2) is 9.35. The lowest BCUT2D eigenvalue weighted by Gasteiger charge is -2.39. The first-order chi connectivity index (χ1) is 18.5. The number of hydrogen-bond donors (Lipinski definition) is 3. The molecule has 0 spiro atoms. The molecule has 3 aromatic carbocycles. The number of H-pyrrole nitrogens is 1. The van der Waals surface area contributed by atoms with Crippen LogP contribution in [0, 0.1) is 0 Å². The van der Waals surface area contributed by atoms with E-state index in [2.05, 4.69) is 15.3 Å². The van der Waals surface area contributed by atoms with Crippen molar-refractivity contribution in [1.82, 2.24) is 14.9 Å². The number of carbonyl (C=O) groups is 3. The zero-order chi connectivity index (χ0) is 27.9. The topological polar surface area (TPSA) is 134 Å². The molecule has 10 nitrogen and oxygen atoms in total. The minimum absolute atomic E-state index is 0.00803. The maximum absolute atomic E-state index is 13.7. The molecule has 0 saturated heterocycles. The summed E-state index contributed by atoms with van der Waals surface area (Å²) in [5, 5.41) is 11.1. The van der Waals surface area contributed by atoms with Gasteiger partial charge in [-0.25, -0.2) is 14.6 Å². The van der Waals surface area contributed by atoms with Crippen molar-refractivity contribution in [2.75, 3.05) is 12.4 Å². The number of carboxylic acid groups (broad SMARTS) is 1. The van der Waals surface area contributed by atoms with E-state index in [4.69, 9.17) is 14.6 Å². The van der Waals surface area contributed by atoms with Crippen LogP contribution in [0.15, 0.2) is 66.7 Å². The number of imidazole rings is 1. The summed E-state index contributed by atoms with van der Waals surface area (Å²) in [5.74, 6) is -2.95. The van der Waals surface area contributed by atoms with Gasteiger partial charge in [0, 0.05) is 22.3 Å². The summed E-state index contributed by atoms with van der Waals surface area (Å²) in [6.45, 7) is -0.282. The summed E-state index contributed by atoms with van der Waals surface area (Å²) < 4.78 is 51.6. The second-order valence-corrected chi connectivity index (χ2v) is 8.53. The zero-order valence-electron chi connectivity index (χ0n) is 20.1. The largest absolute Gasteiger partial charge is 0.496 e. The number of ether oxygens (including phenoxy) is 2. The number of aromatic nitrogens is 2. The first kappa shape index (κ1) is 25.6. The fraction of sp³-hybridized carbons (Fsp3) is 0.154. The van der Waals surface area contributed by atoms with E-state index in [0.29, 0.717) is 11.3 Å². The van der Waals surface area contributed by atoms with Crippen LogP contribution in [0.5, 0.6) is 5.75 Å². The van der Waals surface area contributed by atoms with Crippen LogP contribution in [0.2, 0.25) is 0 Å². The molecule has 0 aliphatic carbocycles. The number of fused-ring (bicyclic) bond motifs is 2. The van der Waals surface area contributed by atoms with Crippen LogP contribution < -0.4 is 10.1 Å². The van der Waals surface area contributed by atoms with Crippen molar-refractivity contribution in [3.63, 3.8) is 0 Å². The Morgan fingerprint density at radius 3 is 2.54 bits per heavy atom. The van der Waals surface area contributed by atoms with Crippen LogP contribution in [-0.2, 0) is 21.8 Å². The summed E-state index contributed by atoms with van der Waals surface area (Å²) in [5.41, 5.74) is -1.36. The van der Waals surface area contributed by atoms with Crippen molar-refractivity contribution in [2.45, 2.75) is 18.4 Å². The Balaban J connectivity index is 1.75. The van der Waals surface area contributed by atoms with Gasteiger partial charge in [-0.05, 0) is 24.3 Å². The molecule has 0 bridgehead atoms. The number of benzene rings is 3. The van der Waals surface area contributed by atoms with Crippen molar-refractivity contribution in [3.05, 3.63) is 89.0 Å². The summed E-state index contributed by atoms with van der Waals surface area (Å²) in [6, 6.07) is 16.6. The van der Waals surface area contributed by atoms with E-state index in [0.717, 1.165) is 4.90 Å². The highest BCUT2D eigenvalue weighted by molar-refractivity contribution is 6.01. The summed E-state index contributed by atoms with van der Waals surface area (Å²) in [6.07, 6.45) is -6.76. The second-order valence-electron chi connectivity index (χ2n) is 8.53. The first-order valence-corrected chi connectivity index (χ1v) is 11.4. The molecule has 1 unspecified atom stereocenters. The molecule has 4 aromatic rings. The molecule has 0 saturated carbocycles. The molecule has 2 amide bonds. The maximum Gasteiger partial charge on any atom is 0.491 e. The number of anilines is 1. The molecule has 1 atom stereocenters. The Bertz CT molecular complexity index is 1620. The Labute approximate surface area is 218 Å². The fourth-order valence-corrected chi connectivity index (χ4v) is 4.64. The van der Waals surface area contributed by atoms with Gasteiger partial charge in [-0.2, -0.15) is 13.2 Å². The van der Waals surface area contributed by atoms with Gasteiger partial charge in [0.05, 0.1) is 24.7 Å². The number of methoxy groups -OCH3 is 1. The predicted molar refractivity (Wildman–Crippen MR) is 130 cm³/mol. The number of esters is 1. The summed E-state index contributed by atoms with van der Waals surface area (Å²) in [7, 11) is 1.41. The van der Waals surface area contributed by atoms with E-state index in [-0.39, 0.29) is 40.2 Å². The fourth-order valence-electron chi connectivity index (χ4n) is 4.64. The normalized spacial score (nSPS) is 16.7. The van der Waals surface area contributed by atoms with Crippen molar-refractivity contribution >= 4 is 35.0 Å². The van der Waals surface area contributed by atoms with Crippen molar-refractivity contribution in [1.29, 1.82) is 0 Å². The molecule has 13 heteroatoms. The quantitative estimate of drug-likeness (QED) is 0.304. The standard InChI is InChI=1S/C26H19F3N4O6/c1-38-20-9-5-2-6-14(20)13-33-21(34)16-7-3-4-8-17(16)25(33,39-22(35)26(27,28)29)15-10-11-18-19(12-15)31-23(30-18)32-24(36)37/h2-12H,13H2,1H3,(H,36,37)(H2,30,31,32). The van der Waals surface area contributed by atoms with E-state index < -0.39 is 29.9 Å². The van der Waals surface area contributed by atoms with Crippen molar-refractivity contribution < 1.29 is 42.1 Å². The molecular formula is C26H19F3N4O6. The third kappa shape index (κ3) is 4.37. The maximum atomic E-state index is 13.7. The number of amides is 2. The SMILES string of the molecule is COc1ccccc1CN1C(=O)c2ccccc2C1(OC(=O)C(F)(F)F)c1ccc2nc(NC(=O)O)[nH]c2c1. The number of nitrogens with zero attached hydrogens (tertiary/aromatic N) is 2. The van der Waals surface area contributed by atoms with Crippen LogP contribution >= 0.6 is 0 Å². The number of para-hydroxylation sites is 1. The van der Waals surface area contributed by atoms with Gasteiger partial charge in [-0.3, -0.25) is 15.0 Å². The Morgan fingerprint density at radius 1 is 1.10 bits per heavy atom. The van der Waals surface area contributed by atoms with Crippen molar-refractivity contribution in [3.8, 4) is 5.75 Å². The lowest BCUT2D eigenvalue weighted by molar-refractivity contribution is -0.222. The van der Waals surface area contributed by atoms with Crippen LogP contribution in [0.4, 0.5) is 23.9 Å². The van der Waals surface area contributed by atoms with Crippen LogP contribution in [-0.4, -0.2) is 51.2 Å². The number of alkyl halides is 3. The molecule has 200 valence electrons. The number of nitrogens with one attached hydrogen (secondary N) is 2. The summed E-state index contributed by atoms with van der Waals surface area (Å²) >= 11 is 0. The lowest BCUT2D eigenvalue weighted by Crippen LogP contribution is -2.49. The van der Waals surface area contributed by atoms with E-state index in [1.54, 1.807) is 30.3 Å². The number of rotatable bonds is 6. The molecule has 0 fully saturated rings. The van der Waals surface area contributed by atoms with Crippen LogP contribution in [0.25, 0.3) is 11.0 Å². The summed E-state index contributed by atoms with van der Waals surface area (Å²) in [4.78, 5) is 45.0. The van der Waals surface area contributed by atoms with E-state index >= 15 is 0 Å². The molecule has 2 heterocycles. The molecular weight excluding hydrogens is 521 g/mol. The van der Waals surface area contributed by atoms with Gasteiger partial charge in [-0.15, -0.1) is 0 Å². The molecule has 3 N–H and O–H groups in total. The van der Waals surface area contributed by atoms with E-state index in [1.165, 1.54) is 43.5 Å². The van der Waals surface area contributed by atoms with Gasteiger partial charge >= 0.3 is 18.2 Å². The van der Waals surface area contributed by atoms with Gasteiger partial charge < -0.3 is 19.6 Å². The average molecular weight is 540 g/mol. The van der Waals surface area contributed by atoms with Gasteiger partial charge in [0.15, 0.2) is 0 Å². The third-order valence-electron chi connectivity index (χ3n) is 6.24. The molecule has 39 heavy (non-hydrogen) atoms. The number of carbonyl (C=O) groups excluding carboxylic acids is 2. The van der Waals surface area contributed by atoms with E-state index in [1.807, 2.05) is 0 Å². The highest BCUT2D eigenvalue weighted by Crippen LogP contribution is 2.48. The average Bonchev–Trinajstić information content (AvgIpc) is 3.40. The van der Waals surface area contributed by atoms with E-state index in [9.17, 15) is 27.6 Å². The minimum Gasteiger partial charge on any atom is -0.496 e. The monoisotopic (exact) mass is 540 g/mol. The Morgan fingerprint density at radius 2 is 1.82 bits per heavy atom. The molecule has 1 aliphatic heterocycles. The lowest BCUT2D eigenvalue weighted by atomic mass is 9.92. The van der Waals surface area contributed by atoms with Gasteiger partial charge in [0.1, 0.15) is 5.75 Å². The highest BCUT2D eigenvalue weighted by Gasteiger charge is 2.57. The molecule has 0 radical (unpaired) electrons. The Hall–Kier alpha value is -5.07. The number of halogens is 3. The van der Waals surface area contributed by atoms with Gasteiger partial charge in [0.25, 0.3) is 5.91 Å². The molecule has 5 rings (SSSR count). The predicted octanol–water partition coefficient (Wildman–Crippen LogP) is 4.62. The number of aromatic amines is 1. The third-order valence-corrected chi connectivity index (χ3v) is 6.24. The van der Waals surface area contributed by atoms with Crippen LogP contribution in [0.3, 0.4) is 0 Å². The van der Waals surface area contributed by atoms with Gasteiger partial charge in [-0.1, -0.05) is 42.5 Å².